The fourth-order valence-corrected chi connectivity index (χ4v) is 4.41. The van der Waals surface area contributed by atoms with Crippen molar-refractivity contribution in [1.82, 2.24) is 14.9 Å². The molecule has 0 saturated carbocycles. The van der Waals surface area contributed by atoms with Crippen LogP contribution in [-0.2, 0) is 4.79 Å². The molecule has 6 nitrogen and oxygen atoms in total. The fraction of sp³-hybridized carbons (Fsp3) is 0.348. The topological polar surface area (TPSA) is 67.4 Å². The number of aryl methyl sites for hydroxylation is 3. The summed E-state index contributed by atoms with van der Waals surface area (Å²) in [4.78, 5) is 23.6. The summed E-state index contributed by atoms with van der Waals surface area (Å²) < 4.78 is 5.86. The third-order valence-electron chi connectivity index (χ3n) is 5.36. The van der Waals surface area contributed by atoms with Crippen molar-refractivity contribution in [3.05, 3.63) is 64.4 Å². The van der Waals surface area contributed by atoms with E-state index in [0.717, 1.165) is 52.0 Å². The number of aromatic nitrogens is 2. The van der Waals surface area contributed by atoms with E-state index in [1.165, 1.54) is 0 Å². The first-order valence-electron chi connectivity index (χ1n) is 10.1. The Kier molecular flexibility index (Phi) is 5.99. The average Bonchev–Trinajstić information content (AvgIpc) is 3.39. The van der Waals surface area contributed by atoms with Gasteiger partial charge in [0.05, 0.1) is 0 Å². The van der Waals surface area contributed by atoms with Crippen LogP contribution in [0.3, 0.4) is 0 Å². The van der Waals surface area contributed by atoms with Crippen molar-refractivity contribution >= 4 is 28.1 Å². The zero-order valence-electron chi connectivity index (χ0n) is 17.5. The second kappa shape index (κ2) is 8.83. The van der Waals surface area contributed by atoms with E-state index in [1.54, 1.807) is 17.5 Å². The Morgan fingerprint density at radius 3 is 2.80 bits per heavy atom. The van der Waals surface area contributed by atoms with Gasteiger partial charge in [0, 0.05) is 47.7 Å². The van der Waals surface area contributed by atoms with Crippen molar-refractivity contribution in [2.45, 2.75) is 33.1 Å². The van der Waals surface area contributed by atoms with E-state index in [9.17, 15) is 4.79 Å². The van der Waals surface area contributed by atoms with Crippen molar-refractivity contribution in [2.24, 2.45) is 0 Å². The highest BCUT2D eigenvalue weighted by Gasteiger charge is 2.29. The van der Waals surface area contributed by atoms with Crippen LogP contribution in [0.4, 0.5) is 10.8 Å². The molecule has 2 aromatic heterocycles. The third-order valence-corrected chi connectivity index (χ3v) is 6.05. The molecule has 0 bridgehead atoms. The summed E-state index contributed by atoms with van der Waals surface area (Å²) in [6.45, 7) is 7.45. The van der Waals surface area contributed by atoms with Crippen LogP contribution in [0, 0.1) is 20.8 Å². The van der Waals surface area contributed by atoms with Gasteiger partial charge in [0.2, 0.25) is 0 Å². The number of benzene rings is 1. The van der Waals surface area contributed by atoms with E-state index in [4.69, 9.17) is 9.72 Å². The van der Waals surface area contributed by atoms with Gasteiger partial charge in [-0.2, -0.15) is 0 Å². The second-order valence-corrected chi connectivity index (χ2v) is 8.61. The number of anilines is 2. The molecule has 1 N–H and O–H groups in total. The van der Waals surface area contributed by atoms with Crippen LogP contribution in [-0.4, -0.2) is 40.5 Å². The van der Waals surface area contributed by atoms with Gasteiger partial charge in [-0.05, 0) is 50.5 Å². The standard InChI is InChI=1S/C23H26N4O2S/c1-15-5-4-6-16(2)22(15)29-14-21(28)27-9-7-18(13-27)20-12-19(11-17(3)25-20)26-23-24-8-10-30-23/h4-6,8,10-12,18H,7,9,13-14H2,1-3H3,(H,24,25,26)/t18-/m0/s1. The zero-order chi connectivity index (χ0) is 21.1. The molecule has 1 fully saturated rings. The fourth-order valence-electron chi connectivity index (χ4n) is 3.86. The van der Waals surface area contributed by atoms with Crippen molar-refractivity contribution in [2.75, 3.05) is 25.0 Å². The molecule has 1 atom stereocenters. The van der Waals surface area contributed by atoms with E-state index < -0.39 is 0 Å². The number of nitrogens with zero attached hydrogens (tertiary/aromatic N) is 3. The number of hydrogen-bond acceptors (Lipinski definition) is 6. The van der Waals surface area contributed by atoms with E-state index in [2.05, 4.69) is 16.4 Å². The number of rotatable bonds is 6. The highest BCUT2D eigenvalue weighted by Crippen LogP contribution is 2.30. The van der Waals surface area contributed by atoms with Crippen LogP contribution in [0.5, 0.6) is 5.75 Å². The lowest BCUT2D eigenvalue weighted by Crippen LogP contribution is -2.33. The van der Waals surface area contributed by atoms with Crippen LogP contribution < -0.4 is 10.1 Å². The van der Waals surface area contributed by atoms with E-state index in [-0.39, 0.29) is 18.4 Å². The Labute approximate surface area is 180 Å². The quantitative estimate of drug-likeness (QED) is 0.629. The lowest BCUT2D eigenvalue weighted by molar-refractivity contribution is -0.132. The SMILES string of the molecule is Cc1cc(Nc2nccs2)cc([C@H]2CCN(C(=O)COc3c(C)cccc3C)C2)n1. The maximum absolute atomic E-state index is 12.7. The summed E-state index contributed by atoms with van der Waals surface area (Å²) in [5.41, 5.74) is 5.04. The Morgan fingerprint density at radius 1 is 1.27 bits per heavy atom. The molecule has 3 heterocycles. The first-order chi connectivity index (χ1) is 14.5. The van der Waals surface area contributed by atoms with Gasteiger partial charge >= 0.3 is 0 Å². The number of para-hydroxylation sites is 1. The number of hydrogen-bond donors (Lipinski definition) is 1. The highest BCUT2D eigenvalue weighted by atomic mass is 32.1. The number of likely N-dealkylation sites (tertiary alicyclic amines) is 1. The minimum atomic E-state index is 0.0222. The van der Waals surface area contributed by atoms with E-state index in [1.807, 2.05) is 55.3 Å². The van der Waals surface area contributed by atoms with Crippen LogP contribution in [0.1, 0.15) is 34.9 Å². The molecule has 1 aliphatic rings. The van der Waals surface area contributed by atoms with Crippen molar-refractivity contribution in [1.29, 1.82) is 0 Å². The molecule has 1 saturated heterocycles. The van der Waals surface area contributed by atoms with Crippen LogP contribution in [0.2, 0.25) is 0 Å². The van der Waals surface area contributed by atoms with Crippen LogP contribution in [0.15, 0.2) is 41.9 Å². The van der Waals surface area contributed by atoms with Gasteiger partial charge in [-0.3, -0.25) is 9.78 Å². The minimum Gasteiger partial charge on any atom is -0.483 e. The first-order valence-corrected chi connectivity index (χ1v) is 11.0. The largest absolute Gasteiger partial charge is 0.483 e. The Balaban J connectivity index is 1.39. The summed E-state index contributed by atoms with van der Waals surface area (Å²) in [6, 6.07) is 10.1. The number of amides is 1. The highest BCUT2D eigenvalue weighted by molar-refractivity contribution is 7.13. The maximum atomic E-state index is 12.7. The number of thiazole rings is 1. The molecule has 156 valence electrons. The molecule has 0 spiro atoms. The van der Waals surface area contributed by atoms with Crippen molar-refractivity contribution in [3.8, 4) is 5.75 Å². The number of ether oxygens (including phenoxy) is 1. The summed E-state index contributed by atoms with van der Waals surface area (Å²) in [5, 5.41) is 6.14. The third kappa shape index (κ3) is 4.62. The van der Waals surface area contributed by atoms with Gasteiger partial charge in [-0.25, -0.2) is 4.98 Å². The summed E-state index contributed by atoms with van der Waals surface area (Å²) in [5.74, 6) is 1.06. The monoisotopic (exact) mass is 422 g/mol. The number of carbonyl (C=O) groups is 1. The number of carbonyl (C=O) groups excluding carboxylic acids is 1. The lowest BCUT2D eigenvalue weighted by atomic mass is 10.0. The zero-order valence-corrected chi connectivity index (χ0v) is 18.3. The predicted octanol–water partition coefficient (Wildman–Crippen LogP) is 4.60. The minimum absolute atomic E-state index is 0.0222. The van der Waals surface area contributed by atoms with Crippen molar-refractivity contribution in [3.63, 3.8) is 0 Å². The normalized spacial score (nSPS) is 16.0. The summed E-state index contributed by atoms with van der Waals surface area (Å²) in [7, 11) is 0. The molecule has 0 unspecified atom stereocenters. The van der Waals surface area contributed by atoms with Gasteiger partial charge in [-0.15, -0.1) is 11.3 Å². The van der Waals surface area contributed by atoms with Crippen molar-refractivity contribution < 1.29 is 9.53 Å². The lowest BCUT2D eigenvalue weighted by Gasteiger charge is -2.18. The molecular formula is C23H26N4O2S. The molecule has 0 aliphatic carbocycles. The van der Waals surface area contributed by atoms with Crippen LogP contribution >= 0.6 is 11.3 Å². The van der Waals surface area contributed by atoms with E-state index >= 15 is 0 Å². The molecule has 1 aromatic carbocycles. The van der Waals surface area contributed by atoms with E-state index in [0.29, 0.717) is 6.54 Å². The van der Waals surface area contributed by atoms with Gasteiger partial charge in [0.15, 0.2) is 11.7 Å². The predicted molar refractivity (Wildman–Crippen MR) is 120 cm³/mol. The van der Waals surface area contributed by atoms with Crippen LogP contribution in [0.25, 0.3) is 0 Å². The molecule has 1 aliphatic heterocycles. The summed E-state index contributed by atoms with van der Waals surface area (Å²) >= 11 is 1.56. The van der Waals surface area contributed by atoms with Gasteiger partial charge in [0.1, 0.15) is 5.75 Å². The molecular weight excluding hydrogens is 396 g/mol. The molecule has 0 radical (unpaired) electrons. The van der Waals surface area contributed by atoms with Gasteiger partial charge < -0.3 is 15.0 Å². The Hall–Kier alpha value is -2.93. The Bertz CT molecular complexity index is 1020. The average molecular weight is 423 g/mol. The molecule has 1 amide bonds. The number of pyridine rings is 1. The maximum Gasteiger partial charge on any atom is 0.260 e. The Morgan fingerprint density at radius 2 is 2.07 bits per heavy atom. The molecule has 30 heavy (non-hydrogen) atoms. The number of nitrogens with one attached hydrogen (secondary N) is 1. The summed E-state index contributed by atoms with van der Waals surface area (Å²) in [6.07, 6.45) is 2.69. The van der Waals surface area contributed by atoms with Gasteiger partial charge in [0.25, 0.3) is 5.91 Å². The molecule has 7 heteroatoms. The molecule has 3 aromatic rings. The first kappa shape index (κ1) is 20.3. The molecule has 4 rings (SSSR count). The second-order valence-electron chi connectivity index (χ2n) is 7.72. The van der Waals surface area contributed by atoms with Gasteiger partial charge in [-0.1, -0.05) is 18.2 Å². The smallest absolute Gasteiger partial charge is 0.260 e.